The van der Waals surface area contributed by atoms with E-state index in [-0.39, 0.29) is 16.2 Å². The van der Waals surface area contributed by atoms with Crippen molar-refractivity contribution in [3.05, 3.63) is 60.5 Å². The Labute approximate surface area is 165 Å². The number of fused-ring (bicyclic) bond motifs is 2. The van der Waals surface area contributed by atoms with E-state index in [0.29, 0.717) is 29.9 Å². The maximum atomic E-state index is 12.9. The summed E-state index contributed by atoms with van der Waals surface area (Å²) in [6.45, 7) is 4.54. The molecule has 8 heteroatoms. The minimum Gasteiger partial charge on any atom is -0.372 e. The number of benzene rings is 1. The summed E-state index contributed by atoms with van der Waals surface area (Å²) in [5.41, 5.74) is 3.27. The molecule has 0 radical (unpaired) electrons. The van der Waals surface area contributed by atoms with Gasteiger partial charge in [-0.1, -0.05) is 6.07 Å². The van der Waals surface area contributed by atoms with Crippen molar-refractivity contribution in [1.82, 2.24) is 9.55 Å². The summed E-state index contributed by atoms with van der Waals surface area (Å²) in [4.78, 5) is 32.3. The Morgan fingerprint density at radius 3 is 2.75 bits per heavy atom. The topological polar surface area (TPSA) is 81.3 Å². The van der Waals surface area contributed by atoms with Gasteiger partial charge in [-0.2, -0.15) is 0 Å². The van der Waals surface area contributed by atoms with Crippen LogP contribution in [0.2, 0.25) is 0 Å². The highest BCUT2D eigenvalue weighted by molar-refractivity contribution is 7.18. The standard InChI is InChI=1S/C20H20N4O3S/c1-11-12(2)28-19-17(11)20(25)23-8-7-14(18(23)21-19)9-13-5-6-15(22(3)4)16(10-13)24(26)27/h5-6,9-10H,7-8H2,1-4H3/b14-9+. The second kappa shape index (κ2) is 6.56. The highest BCUT2D eigenvalue weighted by Gasteiger charge is 2.24. The van der Waals surface area contributed by atoms with Crippen LogP contribution in [0.4, 0.5) is 11.4 Å². The Morgan fingerprint density at radius 2 is 2.07 bits per heavy atom. The predicted octanol–water partition coefficient (Wildman–Crippen LogP) is 3.99. The first-order valence-electron chi connectivity index (χ1n) is 8.95. The fourth-order valence-corrected chi connectivity index (χ4v) is 4.64. The van der Waals surface area contributed by atoms with Crippen LogP contribution in [0.15, 0.2) is 23.0 Å². The lowest BCUT2D eigenvalue weighted by atomic mass is 10.1. The van der Waals surface area contributed by atoms with Crippen molar-refractivity contribution < 1.29 is 4.92 Å². The third kappa shape index (κ3) is 2.80. The zero-order chi connectivity index (χ0) is 20.2. The first-order chi connectivity index (χ1) is 13.3. The van der Waals surface area contributed by atoms with Gasteiger partial charge in [0.15, 0.2) is 0 Å². The molecular formula is C20H20N4O3S. The van der Waals surface area contributed by atoms with Gasteiger partial charge in [-0.05, 0) is 49.1 Å². The molecular weight excluding hydrogens is 376 g/mol. The lowest BCUT2D eigenvalue weighted by Gasteiger charge is -2.12. The van der Waals surface area contributed by atoms with Crippen LogP contribution >= 0.6 is 11.3 Å². The molecule has 0 saturated heterocycles. The third-order valence-electron chi connectivity index (χ3n) is 5.20. The molecule has 3 aromatic rings. The summed E-state index contributed by atoms with van der Waals surface area (Å²) in [5, 5.41) is 12.1. The van der Waals surface area contributed by atoms with Crippen molar-refractivity contribution in [1.29, 1.82) is 0 Å². The van der Waals surface area contributed by atoms with Crippen molar-refractivity contribution >= 4 is 44.6 Å². The van der Waals surface area contributed by atoms with Crippen LogP contribution in [0.25, 0.3) is 21.9 Å². The number of hydrogen-bond donors (Lipinski definition) is 0. The van der Waals surface area contributed by atoms with Gasteiger partial charge in [-0.25, -0.2) is 4.98 Å². The second-order valence-corrected chi connectivity index (χ2v) is 8.38. The zero-order valence-corrected chi connectivity index (χ0v) is 17.0. The van der Waals surface area contributed by atoms with Crippen LogP contribution in [0, 0.1) is 24.0 Å². The molecule has 0 atom stereocenters. The number of nitro benzene ring substituents is 1. The number of aryl methyl sites for hydroxylation is 2. The van der Waals surface area contributed by atoms with E-state index in [1.54, 1.807) is 35.7 Å². The SMILES string of the molecule is Cc1sc2nc3n(c(=O)c2c1C)CC/C3=C\c1ccc(N(C)C)c([N+](=O)[O-])c1. The first kappa shape index (κ1) is 18.4. The molecule has 0 spiro atoms. The number of aromatic nitrogens is 2. The molecule has 2 aromatic heterocycles. The lowest BCUT2D eigenvalue weighted by molar-refractivity contribution is -0.384. The molecule has 0 bridgehead atoms. The lowest BCUT2D eigenvalue weighted by Crippen LogP contribution is -2.20. The van der Waals surface area contributed by atoms with Gasteiger partial charge in [-0.15, -0.1) is 11.3 Å². The minimum absolute atomic E-state index is 0.000753. The molecule has 0 fully saturated rings. The number of thiophene rings is 1. The molecule has 28 heavy (non-hydrogen) atoms. The second-order valence-electron chi connectivity index (χ2n) is 7.17. The molecule has 4 rings (SSSR count). The number of allylic oxidation sites excluding steroid dienone is 1. The molecule has 0 amide bonds. The van der Waals surface area contributed by atoms with Gasteiger partial charge in [0, 0.05) is 31.6 Å². The normalized spacial score (nSPS) is 14.6. The van der Waals surface area contributed by atoms with E-state index in [2.05, 4.69) is 0 Å². The van der Waals surface area contributed by atoms with Crippen LogP contribution in [0.5, 0.6) is 0 Å². The zero-order valence-electron chi connectivity index (χ0n) is 16.1. The molecule has 0 saturated carbocycles. The fourth-order valence-electron chi connectivity index (χ4n) is 3.62. The quantitative estimate of drug-likeness (QED) is 0.494. The molecule has 144 valence electrons. The maximum absolute atomic E-state index is 12.9. The molecule has 0 N–H and O–H groups in total. The molecule has 7 nitrogen and oxygen atoms in total. The first-order valence-corrected chi connectivity index (χ1v) is 9.77. The molecule has 3 heterocycles. The molecule has 1 aliphatic heterocycles. The summed E-state index contributed by atoms with van der Waals surface area (Å²) in [5.74, 6) is 0.665. The molecule has 1 aromatic carbocycles. The summed E-state index contributed by atoms with van der Waals surface area (Å²) >= 11 is 1.53. The largest absolute Gasteiger partial charge is 0.372 e. The maximum Gasteiger partial charge on any atom is 0.293 e. The monoisotopic (exact) mass is 396 g/mol. The Kier molecular flexibility index (Phi) is 4.30. The predicted molar refractivity (Wildman–Crippen MR) is 113 cm³/mol. The Hall–Kier alpha value is -3.00. The van der Waals surface area contributed by atoms with Crippen molar-refractivity contribution in [2.24, 2.45) is 0 Å². The van der Waals surface area contributed by atoms with E-state index in [0.717, 1.165) is 26.4 Å². The van der Waals surface area contributed by atoms with Gasteiger partial charge in [0.25, 0.3) is 11.2 Å². The molecule has 0 aliphatic carbocycles. The van der Waals surface area contributed by atoms with Gasteiger partial charge >= 0.3 is 0 Å². The van der Waals surface area contributed by atoms with Crippen molar-refractivity contribution in [3.63, 3.8) is 0 Å². The van der Waals surface area contributed by atoms with Crippen molar-refractivity contribution in [3.8, 4) is 0 Å². The number of anilines is 1. The number of rotatable bonds is 3. The summed E-state index contributed by atoms with van der Waals surface area (Å²) < 4.78 is 1.72. The van der Waals surface area contributed by atoms with E-state index >= 15 is 0 Å². The Morgan fingerprint density at radius 1 is 1.32 bits per heavy atom. The van der Waals surface area contributed by atoms with Gasteiger partial charge in [0.2, 0.25) is 0 Å². The Balaban J connectivity index is 1.85. The van der Waals surface area contributed by atoms with Gasteiger partial charge < -0.3 is 4.90 Å². The van der Waals surface area contributed by atoms with E-state index in [1.165, 1.54) is 11.3 Å². The Bertz CT molecular complexity index is 1220. The van der Waals surface area contributed by atoms with Crippen LogP contribution in [0.1, 0.15) is 28.2 Å². The highest BCUT2D eigenvalue weighted by Crippen LogP contribution is 2.33. The molecule has 1 aliphatic rings. The summed E-state index contributed by atoms with van der Waals surface area (Å²) in [6, 6.07) is 5.17. The highest BCUT2D eigenvalue weighted by atomic mass is 32.1. The van der Waals surface area contributed by atoms with Crippen molar-refractivity contribution in [2.45, 2.75) is 26.8 Å². The van der Waals surface area contributed by atoms with Gasteiger partial charge in [-0.3, -0.25) is 19.5 Å². The van der Waals surface area contributed by atoms with Crippen molar-refractivity contribution in [2.75, 3.05) is 19.0 Å². The fraction of sp³-hybridized carbons (Fsp3) is 0.300. The average Bonchev–Trinajstić information content (AvgIpc) is 3.16. The number of nitrogens with zero attached hydrogens (tertiary/aromatic N) is 4. The van der Waals surface area contributed by atoms with E-state index in [9.17, 15) is 14.9 Å². The number of nitro groups is 1. The smallest absolute Gasteiger partial charge is 0.293 e. The van der Waals surface area contributed by atoms with Gasteiger partial charge in [0.05, 0.1) is 10.3 Å². The average molecular weight is 396 g/mol. The van der Waals surface area contributed by atoms with Crippen LogP contribution in [0.3, 0.4) is 0 Å². The van der Waals surface area contributed by atoms with E-state index < -0.39 is 0 Å². The third-order valence-corrected chi connectivity index (χ3v) is 6.30. The summed E-state index contributed by atoms with van der Waals surface area (Å²) in [7, 11) is 3.56. The van der Waals surface area contributed by atoms with Crippen LogP contribution < -0.4 is 10.5 Å². The van der Waals surface area contributed by atoms with E-state index in [4.69, 9.17) is 4.98 Å². The molecule has 0 unspecified atom stereocenters. The number of hydrogen-bond acceptors (Lipinski definition) is 6. The minimum atomic E-state index is -0.372. The van der Waals surface area contributed by atoms with Crippen LogP contribution in [-0.4, -0.2) is 28.6 Å². The van der Waals surface area contributed by atoms with Gasteiger partial charge in [0.1, 0.15) is 16.3 Å². The summed E-state index contributed by atoms with van der Waals surface area (Å²) in [6.07, 6.45) is 2.58. The van der Waals surface area contributed by atoms with E-state index in [1.807, 2.05) is 26.0 Å². The van der Waals surface area contributed by atoms with Crippen LogP contribution in [-0.2, 0) is 6.54 Å².